The third kappa shape index (κ3) is 1.98. The van der Waals surface area contributed by atoms with Gasteiger partial charge in [0.15, 0.2) is 0 Å². The molecule has 1 aromatic rings. The Balaban J connectivity index is 0.000000640. The van der Waals surface area contributed by atoms with Crippen LogP contribution in [-0.2, 0) is 0 Å². The molecule has 0 heterocycles. The molecule has 0 nitrogen and oxygen atoms in total. The smallest absolute Gasteiger partial charge is 0.141 e. The fourth-order valence-electron chi connectivity index (χ4n) is 0.439. The molecule has 0 N–H and O–H groups in total. The van der Waals surface area contributed by atoms with Crippen molar-refractivity contribution in [2.75, 3.05) is 0 Å². The minimum Gasteiger partial charge on any atom is -0.269 e. The molecule has 50 valence electrons. The van der Waals surface area contributed by atoms with E-state index >= 15 is 0 Å². The highest BCUT2D eigenvalue weighted by molar-refractivity contribution is 6.30. The van der Waals surface area contributed by atoms with Crippen LogP contribution in [0.3, 0.4) is 0 Å². The van der Waals surface area contributed by atoms with Gasteiger partial charge in [-0.3, -0.25) is 4.70 Å². The SMILES string of the molecule is F.Fc1ccccc1Cl. The predicted molar refractivity (Wildman–Crippen MR) is 33.9 cm³/mol. The van der Waals surface area contributed by atoms with E-state index in [1.54, 1.807) is 12.1 Å². The Morgan fingerprint density at radius 3 is 2.11 bits per heavy atom. The molecule has 0 aliphatic rings. The number of hydrogen-bond acceptors (Lipinski definition) is 0. The first-order chi connectivity index (χ1) is 3.80. The second-order valence-electron chi connectivity index (χ2n) is 1.41. The standard InChI is InChI=1S/C6H4ClF.FH/c7-5-3-1-2-4-6(5)8;/h1-4H;1H. The molecular formula is C6H5ClF2. The van der Waals surface area contributed by atoms with Crippen molar-refractivity contribution in [2.24, 2.45) is 0 Å². The van der Waals surface area contributed by atoms with Crippen molar-refractivity contribution in [1.29, 1.82) is 0 Å². The lowest BCUT2D eigenvalue weighted by Gasteiger charge is -1.86. The lowest BCUT2D eigenvalue weighted by Crippen LogP contribution is -1.70. The fourth-order valence-corrected chi connectivity index (χ4v) is 0.575. The molecule has 1 rings (SSSR count). The van der Waals surface area contributed by atoms with Crippen molar-refractivity contribution in [2.45, 2.75) is 0 Å². The summed E-state index contributed by atoms with van der Waals surface area (Å²) < 4.78 is 12.2. The van der Waals surface area contributed by atoms with E-state index < -0.39 is 0 Å². The Kier molecular flexibility index (Phi) is 3.17. The zero-order valence-electron chi connectivity index (χ0n) is 4.47. The Labute approximate surface area is 56.6 Å². The summed E-state index contributed by atoms with van der Waals surface area (Å²) in [6.07, 6.45) is 0. The van der Waals surface area contributed by atoms with Crippen LogP contribution in [0, 0.1) is 5.82 Å². The zero-order chi connectivity index (χ0) is 5.98. The fraction of sp³-hybridized carbons (Fsp3) is 0. The van der Waals surface area contributed by atoms with E-state index in [2.05, 4.69) is 0 Å². The van der Waals surface area contributed by atoms with Gasteiger partial charge >= 0.3 is 0 Å². The first-order valence-electron chi connectivity index (χ1n) is 2.21. The van der Waals surface area contributed by atoms with Crippen molar-refractivity contribution in [3.05, 3.63) is 35.1 Å². The van der Waals surface area contributed by atoms with Crippen LogP contribution in [0.15, 0.2) is 24.3 Å². The highest BCUT2D eigenvalue weighted by Crippen LogP contribution is 2.11. The largest absolute Gasteiger partial charge is 0.269 e. The maximum Gasteiger partial charge on any atom is 0.141 e. The van der Waals surface area contributed by atoms with Crippen LogP contribution in [0.25, 0.3) is 0 Å². The van der Waals surface area contributed by atoms with E-state index in [0.717, 1.165) is 0 Å². The molecule has 0 saturated carbocycles. The summed E-state index contributed by atoms with van der Waals surface area (Å²) >= 11 is 5.33. The molecule has 0 amide bonds. The average Bonchev–Trinajstić information content (AvgIpc) is 1.77. The highest BCUT2D eigenvalue weighted by atomic mass is 35.5. The van der Waals surface area contributed by atoms with Crippen LogP contribution in [0.1, 0.15) is 0 Å². The van der Waals surface area contributed by atoms with Gasteiger partial charge in [-0.15, -0.1) is 0 Å². The Hall–Kier alpha value is -0.630. The Bertz CT molecular complexity index is 167. The molecule has 0 aliphatic heterocycles. The van der Waals surface area contributed by atoms with Crippen LogP contribution >= 0.6 is 11.6 Å². The minimum atomic E-state index is -0.367. The molecule has 0 unspecified atom stereocenters. The molecule has 9 heavy (non-hydrogen) atoms. The predicted octanol–water partition coefficient (Wildman–Crippen LogP) is 2.63. The lowest BCUT2D eigenvalue weighted by molar-refractivity contribution is 0.628. The van der Waals surface area contributed by atoms with Gasteiger partial charge in [0.05, 0.1) is 5.02 Å². The summed E-state index contributed by atoms with van der Waals surface area (Å²) in [4.78, 5) is 0. The van der Waals surface area contributed by atoms with Gasteiger partial charge in [0.25, 0.3) is 0 Å². The highest BCUT2D eigenvalue weighted by Gasteiger charge is 1.91. The number of rotatable bonds is 0. The van der Waals surface area contributed by atoms with Crippen LogP contribution in [0.2, 0.25) is 5.02 Å². The van der Waals surface area contributed by atoms with Gasteiger partial charge in [0.2, 0.25) is 0 Å². The normalized spacial score (nSPS) is 8.22. The van der Waals surface area contributed by atoms with E-state index in [0.29, 0.717) is 0 Å². The first kappa shape index (κ1) is 8.37. The second kappa shape index (κ2) is 3.41. The van der Waals surface area contributed by atoms with Gasteiger partial charge in [-0.25, -0.2) is 4.39 Å². The number of halogens is 3. The van der Waals surface area contributed by atoms with Gasteiger partial charge < -0.3 is 0 Å². The zero-order valence-corrected chi connectivity index (χ0v) is 5.23. The number of hydrogen-bond donors (Lipinski definition) is 0. The molecule has 1 aromatic carbocycles. The van der Waals surface area contributed by atoms with Gasteiger partial charge in [-0.05, 0) is 12.1 Å². The molecule has 0 radical (unpaired) electrons. The number of benzene rings is 1. The van der Waals surface area contributed by atoms with Crippen molar-refractivity contribution in [1.82, 2.24) is 0 Å². The molecule has 0 aromatic heterocycles. The molecule has 0 spiro atoms. The van der Waals surface area contributed by atoms with Gasteiger partial charge in [0.1, 0.15) is 5.82 Å². The van der Waals surface area contributed by atoms with Gasteiger partial charge in [-0.1, -0.05) is 23.7 Å². The average molecular weight is 151 g/mol. The van der Waals surface area contributed by atoms with Crippen molar-refractivity contribution >= 4 is 11.6 Å². The van der Waals surface area contributed by atoms with Crippen LogP contribution < -0.4 is 0 Å². The van der Waals surface area contributed by atoms with E-state index in [9.17, 15) is 4.39 Å². The molecule has 0 aliphatic carbocycles. The van der Waals surface area contributed by atoms with Gasteiger partial charge in [-0.2, -0.15) is 0 Å². The van der Waals surface area contributed by atoms with E-state index in [1.807, 2.05) is 0 Å². The van der Waals surface area contributed by atoms with E-state index in [-0.39, 0.29) is 15.5 Å². The summed E-state index contributed by atoms with van der Waals surface area (Å²) in [6, 6.07) is 6.12. The monoisotopic (exact) mass is 150 g/mol. The maximum absolute atomic E-state index is 12.2. The molecule has 0 atom stereocenters. The third-order valence-corrected chi connectivity index (χ3v) is 1.13. The topological polar surface area (TPSA) is 0 Å². The van der Waals surface area contributed by atoms with Crippen molar-refractivity contribution in [3.63, 3.8) is 0 Å². The summed E-state index contributed by atoms with van der Waals surface area (Å²) in [7, 11) is 0. The van der Waals surface area contributed by atoms with Crippen molar-refractivity contribution in [3.8, 4) is 0 Å². The van der Waals surface area contributed by atoms with Crippen LogP contribution in [0.4, 0.5) is 9.09 Å². The van der Waals surface area contributed by atoms with Crippen molar-refractivity contribution < 1.29 is 9.09 Å². The molecule has 0 saturated heterocycles. The first-order valence-corrected chi connectivity index (χ1v) is 2.58. The maximum atomic E-state index is 12.2. The summed E-state index contributed by atoms with van der Waals surface area (Å²) in [5, 5.41) is 0.174. The van der Waals surface area contributed by atoms with E-state index in [1.165, 1.54) is 12.1 Å². The Morgan fingerprint density at radius 2 is 1.78 bits per heavy atom. The van der Waals surface area contributed by atoms with E-state index in [4.69, 9.17) is 11.6 Å². The molecule has 0 bridgehead atoms. The molecule has 0 fully saturated rings. The molecular weight excluding hydrogens is 146 g/mol. The summed E-state index contributed by atoms with van der Waals surface area (Å²) in [5.41, 5.74) is 0. The third-order valence-electron chi connectivity index (χ3n) is 0.824. The summed E-state index contributed by atoms with van der Waals surface area (Å²) in [6.45, 7) is 0. The summed E-state index contributed by atoms with van der Waals surface area (Å²) in [5.74, 6) is -0.367. The van der Waals surface area contributed by atoms with Crippen LogP contribution in [-0.4, -0.2) is 0 Å². The molecule has 3 heteroatoms. The van der Waals surface area contributed by atoms with Gasteiger partial charge in [0, 0.05) is 0 Å². The quantitative estimate of drug-likeness (QED) is 0.533. The lowest BCUT2D eigenvalue weighted by atomic mass is 10.4. The second-order valence-corrected chi connectivity index (χ2v) is 1.82. The van der Waals surface area contributed by atoms with Crippen LogP contribution in [0.5, 0.6) is 0 Å². The minimum absolute atomic E-state index is 0. The Morgan fingerprint density at radius 1 is 1.22 bits per heavy atom.